The largest absolute Gasteiger partial charge is 0.444 e. The molecule has 1 aromatic rings. The van der Waals surface area contributed by atoms with Gasteiger partial charge in [0.15, 0.2) is 0 Å². The molecule has 198 valence electrons. The Bertz CT molecular complexity index is 1010. The topological polar surface area (TPSA) is 49.9 Å². The summed E-state index contributed by atoms with van der Waals surface area (Å²) < 4.78 is 5.51. The van der Waals surface area contributed by atoms with Gasteiger partial charge in [-0.25, -0.2) is 4.79 Å². The average molecular weight is 495 g/mol. The molecule has 0 radical (unpaired) electrons. The molecule has 2 amide bonds. The lowest BCUT2D eigenvalue weighted by Crippen LogP contribution is -2.48. The molecule has 1 fully saturated rings. The molecule has 1 atom stereocenters. The highest BCUT2D eigenvalue weighted by Gasteiger charge is 2.40. The van der Waals surface area contributed by atoms with Gasteiger partial charge in [0, 0.05) is 26.1 Å². The number of rotatable bonds is 5. The van der Waals surface area contributed by atoms with Crippen molar-refractivity contribution < 1.29 is 14.3 Å². The van der Waals surface area contributed by atoms with E-state index in [9.17, 15) is 9.59 Å². The van der Waals surface area contributed by atoms with Gasteiger partial charge in [-0.05, 0) is 112 Å². The first-order chi connectivity index (χ1) is 16.9. The molecule has 2 aliphatic carbocycles. The van der Waals surface area contributed by atoms with Gasteiger partial charge in [-0.1, -0.05) is 32.0 Å². The summed E-state index contributed by atoms with van der Waals surface area (Å²) in [7, 11) is 1.82. The smallest absolute Gasteiger partial charge is 0.410 e. The first kappa shape index (κ1) is 26.8. The Kier molecular flexibility index (Phi) is 7.87. The predicted molar refractivity (Wildman–Crippen MR) is 146 cm³/mol. The van der Waals surface area contributed by atoms with E-state index in [0.29, 0.717) is 24.3 Å². The van der Waals surface area contributed by atoms with Crippen molar-refractivity contribution in [2.75, 3.05) is 20.1 Å². The molecule has 5 heteroatoms. The third kappa shape index (κ3) is 5.81. The lowest BCUT2D eigenvalue weighted by Gasteiger charge is -2.41. The maximum absolute atomic E-state index is 13.9. The summed E-state index contributed by atoms with van der Waals surface area (Å²) in [6.45, 7) is 14.0. The normalized spacial score (nSPS) is 24.0. The summed E-state index contributed by atoms with van der Waals surface area (Å²) >= 11 is 0. The van der Waals surface area contributed by atoms with Crippen LogP contribution in [0.5, 0.6) is 0 Å². The molecule has 0 spiro atoms. The van der Waals surface area contributed by atoms with Crippen molar-refractivity contribution in [1.82, 2.24) is 9.80 Å². The maximum atomic E-state index is 13.9. The molecule has 36 heavy (non-hydrogen) atoms. The van der Waals surface area contributed by atoms with Crippen LogP contribution in [0, 0.1) is 24.7 Å². The van der Waals surface area contributed by atoms with Crippen molar-refractivity contribution in [3.8, 4) is 0 Å². The Morgan fingerprint density at radius 3 is 2.47 bits per heavy atom. The Hall–Kier alpha value is -2.30. The van der Waals surface area contributed by atoms with Crippen LogP contribution in [-0.4, -0.2) is 53.6 Å². The molecule has 5 nitrogen and oxygen atoms in total. The van der Waals surface area contributed by atoms with E-state index in [2.05, 4.69) is 43.9 Å². The summed E-state index contributed by atoms with van der Waals surface area (Å²) in [5, 5.41) is 0. The fourth-order valence-corrected chi connectivity index (χ4v) is 6.49. The fourth-order valence-electron chi connectivity index (χ4n) is 6.49. The van der Waals surface area contributed by atoms with E-state index in [0.717, 1.165) is 51.5 Å². The molecule has 1 saturated carbocycles. The molecule has 0 N–H and O–H groups in total. The van der Waals surface area contributed by atoms with Gasteiger partial charge in [-0.3, -0.25) is 4.79 Å². The van der Waals surface area contributed by atoms with Crippen LogP contribution in [0.25, 0.3) is 5.57 Å². The minimum absolute atomic E-state index is 0.107. The van der Waals surface area contributed by atoms with Crippen LogP contribution in [-0.2, 0) is 16.0 Å². The van der Waals surface area contributed by atoms with E-state index in [1.165, 1.54) is 27.8 Å². The lowest BCUT2D eigenvalue weighted by atomic mass is 9.80. The van der Waals surface area contributed by atoms with Crippen molar-refractivity contribution in [1.29, 1.82) is 0 Å². The number of fused-ring (bicyclic) bond motifs is 2. The van der Waals surface area contributed by atoms with Crippen molar-refractivity contribution in [2.45, 2.75) is 98.1 Å². The van der Waals surface area contributed by atoms with Gasteiger partial charge < -0.3 is 14.5 Å². The molecule has 0 bridgehead atoms. The molecule has 0 saturated heterocycles. The van der Waals surface area contributed by atoms with E-state index in [4.69, 9.17) is 4.74 Å². The average Bonchev–Trinajstić information content (AvgIpc) is 3.18. The van der Waals surface area contributed by atoms with E-state index >= 15 is 0 Å². The number of nitrogens with zero attached hydrogens (tertiary/aromatic N) is 2. The van der Waals surface area contributed by atoms with E-state index in [1.54, 1.807) is 4.90 Å². The predicted octanol–water partition coefficient (Wildman–Crippen LogP) is 6.63. The zero-order valence-electron chi connectivity index (χ0n) is 23.5. The van der Waals surface area contributed by atoms with Crippen LogP contribution < -0.4 is 0 Å². The highest BCUT2D eigenvalue weighted by Crippen LogP contribution is 2.44. The van der Waals surface area contributed by atoms with E-state index in [1.807, 2.05) is 27.8 Å². The van der Waals surface area contributed by atoms with Crippen LogP contribution in [0.1, 0.15) is 89.8 Å². The summed E-state index contributed by atoms with van der Waals surface area (Å²) in [6, 6.07) is 6.90. The Morgan fingerprint density at radius 2 is 1.83 bits per heavy atom. The van der Waals surface area contributed by atoms with Gasteiger partial charge in [0.05, 0.1) is 6.04 Å². The van der Waals surface area contributed by atoms with Gasteiger partial charge in [-0.2, -0.15) is 0 Å². The van der Waals surface area contributed by atoms with Gasteiger partial charge in [0.1, 0.15) is 5.60 Å². The molecule has 1 aliphatic heterocycles. The Balaban J connectivity index is 1.40. The number of ether oxygens (including phenoxy) is 1. The van der Waals surface area contributed by atoms with Crippen molar-refractivity contribution in [2.24, 2.45) is 17.8 Å². The van der Waals surface area contributed by atoms with Crippen molar-refractivity contribution in [3.05, 3.63) is 40.5 Å². The van der Waals surface area contributed by atoms with Crippen LogP contribution in [0.15, 0.2) is 23.8 Å². The highest BCUT2D eigenvalue weighted by atomic mass is 16.6. The standard InChI is InChI=1S/C31H46N2O3/c1-20(2)17-28-27-18-26-21(3)9-8-10-24(26)25(27)15-16-33(28)29(34)23-13-11-22(12-14-23)19-32(7)30(35)36-31(4,5)6/h8-10,20,22-23,28H,11-19H2,1-7H3. The third-order valence-corrected chi connectivity index (χ3v) is 8.28. The molecule has 1 heterocycles. The molecular weight excluding hydrogens is 448 g/mol. The minimum Gasteiger partial charge on any atom is -0.444 e. The van der Waals surface area contributed by atoms with Crippen molar-refractivity contribution >= 4 is 17.6 Å². The highest BCUT2D eigenvalue weighted by molar-refractivity contribution is 5.84. The first-order valence-electron chi connectivity index (χ1n) is 14.0. The molecule has 1 unspecified atom stereocenters. The third-order valence-electron chi connectivity index (χ3n) is 8.28. The van der Waals surface area contributed by atoms with Gasteiger partial charge in [-0.15, -0.1) is 0 Å². The number of hydrogen-bond donors (Lipinski definition) is 0. The summed E-state index contributed by atoms with van der Waals surface area (Å²) in [5.41, 5.74) is 6.81. The van der Waals surface area contributed by atoms with Crippen LogP contribution in [0.4, 0.5) is 4.79 Å². The Morgan fingerprint density at radius 1 is 1.14 bits per heavy atom. The van der Waals surface area contributed by atoms with Crippen LogP contribution in [0.3, 0.4) is 0 Å². The van der Waals surface area contributed by atoms with Crippen LogP contribution >= 0.6 is 0 Å². The maximum Gasteiger partial charge on any atom is 0.410 e. The Labute approximate surface area is 218 Å². The fraction of sp³-hybridized carbons (Fsp3) is 0.677. The monoisotopic (exact) mass is 494 g/mol. The summed E-state index contributed by atoms with van der Waals surface area (Å²) in [6.07, 6.45) is 6.57. The minimum atomic E-state index is -0.481. The number of aryl methyl sites for hydroxylation is 1. The molecule has 1 aromatic carbocycles. The van der Waals surface area contributed by atoms with Gasteiger partial charge >= 0.3 is 6.09 Å². The summed E-state index contributed by atoms with van der Waals surface area (Å²) in [4.78, 5) is 30.2. The number of carbonyl (C=O) groups is 2. The number of hydrogen-bond acceptors (Lipinski definition) is 3. The van der Waals surface area contributed by atoms with E-state index in [-0.39, 0.29) is 18.1 Å². The molecule has 3 aliphatic rings. The molecule has 4 rings (SSSR count). The molecular formula is C31H46N2O3. The van der Waals surface area contributed by atoms with Crippen LogP contribution in [0.2, 0.25) is 0 Å². The quantitative estimate of drug-likeness (QED) is 0.462. The van der Waals surface area contributed by atoms with E-state index < -0.39 is 5.60 Å². The number of amides is 2. The second-order valence-electron chi connectivity index (χ2n) is 12.8. The molecule has 0 aromatic heterocycles. The lowest BCUT2D eigenvalue weighted by molar-refractivity contribution is -0.139. The SMILES string of the molecule is Cc1cccc2c1CC1=C2CCN(C(=O)C2CCC(CN(C)C(=O)OC(C)(C)C)CC2)C1CC(C)C. The summed E-state index contributed by atoms with van der Waals surface area (Å²) in [5.74, 6) is 1.44. The second kappa shape index (κ2) is 10.6. The van der Waals surface area contributed by atoms with Crippen molar-refractivity contribution in [3.63, 3.8) is 0 Å². The second-order valence-corrected chi connectivity index (χ2v) is 12.8. The first-order valence-corrected chi connectivity index (χ1v) is 14.0. The number of carbonyl (C=O) groups excluding carboxylic acids is 2. The zero-order chi connectivity index (χ0) is 26.2. The van der Waals surface area contributed by atoms with Gasteiger partial charge in [0.25, 0.3) is 0 Å². The number of benzene rings is 1. The zero-order valence-corrected chi connectivity index (χ0v) is 23.5. The van der Waals surface area contributed by atoms with Gasteiger partial charge in [0.2, 0.25) is 5.91 Å².